The standard InChI is InChI=1S/C13H15NO2/c1-2-9-3-5-12-11(7-9)10(8-14-12)4-6-13(15)16/h3,5,7-8,14H,2,4,6H2,1H3,(H,15,16). The number of carbonyl (C=O) groups is 1. The first kappa shape index (κ1) is 10.7. The maximum atomic E-state index is 10.5. The van der Waals surface area contributed by atoms with Crippen LogP contribution in [0.15, 0.2) is 24.4 Å². The number of nitrogens with one attached hydrogen (secondary N) is 1. The Bertz CT molecular complexity index is 514. The van der Waals surface area contributed by atoms with Crippen LogP contribution in [0.4, 0.5) is 0 Å². The van der Waals surface area contributed by atoms with Crippen molar-refractivity contribution in [2.24, 2.45) is 0 Å². The van der Waals surface area contributed by atoms with Crippen LogP contribution in [-0.2, 0) is 17.6 Å². The van der Waals surface area contributed by atoms with Crippen LogP contribution in [0.25, 0.3) is 10.9 Å². The minimum Gasteiger partial charge on any atom is -0.481 e. The molecule has 0 aliphatic heterocycles. The molecule has 0 unspecified atom stereocenters. The van der Waals surface area contributed by atoms with Crippen LogP contribution in [0.3, 0.4) is 0 Å². The number of aliphatic carboxylic acids is 1. The van der Waals surface area contributed by atoms with Crippen molar-refractivity contribution < 1.29 is 9.90 Å². The lowest BCUT2D eigenvalue weighted by Crippen LogP contribution is -1.96. The van der Waals surface area contributed by atoms with Crippen LogP contribution >= 0.6 is 0 Å². The highest BCUT2D eigenvalue weighted by atomic mass is 16.4. The van der Waals surface area contributed by atoms with Crippen LogP contribution in [0.1, 0.15) is 24.5 Å². The van der Waals surface area contributed by atoms with Crippen molar-refractivity contribution in [3.8, 4) is 0 Å². The van der Waals surface area contributed by atoms with E-state index in [2.05, 4.69) is 30.1 Å². The van der Waals surface area contributed by atoms with Crippen molar-refractivity contribution in [3.63, 3.8) is 0 Å². The monoisotopic (exact) mass is 217 g/mol. The van der Waals surface area contributed by atoms with Gasteiger partial charge in [0.2, 0.25) is 0 Å². The lowest BCUT2D eigenvalue weighted by molar-refractivity contribution is -0.136. The summed E-state index contributed by atoms with van der Waals surface area (Å²) < 4.78 is 0. The molecule has 16 heavy (non-hydrogen) atoms. The molecule has 0 spiro atoms. The van der Waals surface area contributed by atoms with Gasteiger partial charge in [-0.15, -0.1) is 0 Å². The molecule has 3 heteroatoms. The van der Waals surface area contributed by atoms with E-state index < -0.39 is 5.97 Å². The predicted molar refractivity (Wildman–Crippen MR) is 63.6 cm³/mol. The zero-order chi connectivity index (χ0) is 11.5. The first-order chi connectivity index (χ1) is 7.70. The second-order valence-electron chi connectivity index (χ2n) is 3.94. The summed E-state index contributed by atoms with van der Waals surface area (Å²) in [6.07, 6.45) is 3.68. The Balaban J connectivity index is 2.34. The lowest BCUT2D eigenvalue weighted by Gasteiger charge is -1.99. The van der Waals surface area contributed by atoms with Gasteiger partial charge in [0, 0.05) is 23.5 Å². The molecule has 0 fully saturated rings. The van der Waals surface area contributed by atoms with Crippen molar-refractivity contribution in [2.75, 3.05) is 0 Å². The maximum Gasteiger partial charge on any atom is 0.303 e. The molecule has 2 aromatic rings. The molecule has 0 aliphatic rings. The van der Waals surface area contributed by atoms with Gasteiger partial charge in [0.15, 0.2) is 0 Å². The van der Waals surface area contributed by atoms with E-state index in [0.717, 1.165) is 22.9 Å². The fourth-order valence-electron chi connectivity index (χ4n) is 1.89. The number of rotatable bonds is 4. The van der Waals surface area contributed by atoms with Crippen LogP contribution in [0, 0.1) is 0 Å². The lowest BCUT2D eigenvalue weighted by atomic mass is 10.0. The molecule has 0 amide bonds. The van der Waals surface area contributed by atoms with Gasteiger partial charge in [-0.3, -0.25) is 4.79 Å². The Morgan fingerprint density at radius 2 is 2.25 bits per heavy atom. The third kappa shape index (κ3) is 2.08. The number of aromatic nitrogens is 1. The summed E-state index contributed by atoms with van der Waals surface area (Å²) in [5.74, 6) is -0.749. The third-order valence-corrected chi connectivity index (χ3v) is 2.85. The largest absolute Gasteiger partial charge is 0.481 e. The zero-order valence-corrected chi connectivity index (χ0v) is 9.29. The number of benzene rings is 1. The van der Waals surface area contributed by atoms with Gasteiger partial charge in [-0.05, 0) is 36.1 Å². The molecule has 0 bridgehead atoms. The number of hydrogen-bond acceptors (Lipinski definition) is 1. The summed E-state index contributed by atoms with van der Waals surface area (Å²) in [6, 6.07) is 6.29. The third-order valence-electron chi connectivity index (χ3n) is 2.85. The quantitative estimate of drug-likeness (QED) is 0.827. The van der Waals surface area contributed by atoms with Gasteiger partial charge in [0.25, 0.3) is 0 Å². The van der Waals surface area contributed by atoms with Gasteiger partial charge in [-0.1, -0.05) is 13.0 Å². The molecule has 84 valence electrons. The van der Waals surface area contributed by atoms with Crippen molar-refractivity contribution in [1.29, 1.82) is 0 Å². The molecule has 1 heterocycles. The first-order valence-corrected chi connectivity index (χ1v) is 5.51. The van der Waals surface area contributed by atoms with Gasteiger partial charge in [0.05, 0.1) is 0 Å². The summed E-state index contributed by atoms with van der Waals surface area (Å²) in [4.78, 5) is 13.7. The van der Waals surface area contributed by atoms with E-state index in [1.54, 1.807) is 0 Å². The average Bonchev–Trinajstić information content (AvgIpc) is 2.68. The fraction of sp³-hybridized carbons (Fsp3) is 0.308. The summed E-state index contributed by atoms with van der Waals surface area (Å²) in [5.41, 5.74) is 3.45. The van der Waals surface area contributed by atoms with Gasteiger partial charge >= 0.3 is 5.97 Å². The van der Waals surface area contributed by atoms with Crippen LogP contribution in [0.2, 0.25) is 0 Å². The molecule has 1 aromatic carbocycles. The van der Waals surface area contributed by atoms with Crippen molar-refractivity contribution in [2.45, 2.75) is 26.2 Å². The highest BCUT2D eigenvalue weighted by Crippen LogP contribution is 2.21. The Morgan fingerprint density at radius 1 is 1.44 bits per heavy atom. The fourth-order valence-corrected chi connectivity index (χ4v) is 1.89. The molecule has 0 radical (unpaired) electrons. The Hall–Kier alpha value is -1.77. The number of aryl methyl sites for hydroxylation is 2. The topological polar surface area (TPSA) is 53.1 Å². The van der Waals surface area contributed by atoms with Crippen LogP contribution in [-0.4, -0.2) is 16.1 Å². The van der Waals surface area contributed by atoms with Gasteiger partial charge in [-0.2, -0.15) is 0 Å². The number of carboxylic acid groups (broad SMARTS) is 1. The molecule has 2 N–H and O–H groups in total. The highest BCUT2D eigenvalue weighted by molar-refractivity contribution is 5.84. The normalized spacial score (nSPS) is 10.8. The second kappa shape index (κ2) is 4.39. The predicted octanol–water partition coefficient (Wildman–Crippen LogP) is 2.75. The summed E-state index contributed by atoms with van der Waals surface area (Å²) in [5, 5.41) is 9.83. The number of hydrogen-bond donors (Lipinski definition) is 2. The molecule has 0 saturated carbocycles. The number of H-pyrrole nitrogens is 1. The van der Waals surface area contributed by atoms with E-state index in [4.69, 9.17) is 5.11 Å². The molecule has 0 atom stereocenters. The molecule has 0 aliphatic carbocycles. The summed E-state index contributed by atoms with van der Waals surface area (Å²) >= 11 is 0. The Labute approximate surface area is 94.1 Å². The SMILES string of the molecule is CCc1ccc2[nH]cc(CCC(=O)O)c2c1. The molecule has 2 rings (SSSR count). The van der Waals surface area contributed by atoms with Crippen molar-refractivity contribution in [1.82, 2.24) is 4.98 Å². The molecule has 1 aromatic heterocycles. The smallest absolute Gasteiger partial charge is 0.303 e. The van der Waals surface area contributed by atoms with E-state index in [9.17, 15) is 4.79 Å². The first-order valence-electron chi connectivity index (χ1n) is 5.51. The van der Waals surface area contributed by atoms with Gasteiger partial charge in [-0.25, -0.2) is 0 Å². The maximum absolute atomic E-state index is 10.5. The van der Waals surface area contributed by atoms with Gasteiger partial charge < -0.3 is 10.1 Å². The second-order valence-corrected chi connectivity index (χ2v) is 3.94. The Kier molecular flexibility index (Phi) is 2.95. The molecule has 3 nitrogen and oxygen atoms in total. The van der Waals surface area contributed by atoms with E-state index in [1.165, 1.54) is 5.56 Å². The van der Waals surface area contributed by atoms with Crippen LogP contribution < -0.4 is 0 Å². The number of fused-ring (bicyclic) bond motifs is 1. The van der Waals surface area contributed by atoms with Gasteiger partial charge in [0.1, 0.15) is 0 Å². The van der Waals surface area contributed by atoms with E-state index in [-0.39, 0.29) is 6.42 Å². The number of carboxylic acids is 1. The van der Waals surface area contributed by atoms with Crippen LogP contribution in [0.5, 0.6) is 0 Å². The van der Waals surface area contributed by atoms with E-state index in [1.807, 2.05) is 6.20 Å². The highest BCUT2D eigenvalue weighted by Gasteiger charge is 2.06. The zero-order valence-electron chi connectivity index (χ0n) is 9.29. The number of aromatic amines is 1. The molecule has 0 saturated heterocycles. The minimum atomic E-state index is -0.749. The average molecular weight is 217 g/mol. The molecular weight excluding hydrogens is 202 g/mol. The molecular formula is C13H15NO2. The Morgan fingerprint density at radius 3 is 2.94 bits per heavy atom. The van der Waals surface area contributed by atoms with Crippen molar-refractivity contribution in [3.05, 3.63) is 35.5 Å². The summed E-state index contributed by atoms with van der Waals surface area (Å²) in [6.45, 7) is 2.12. The van der Waals surface area contributed by atoms with E-state index >= 15 is 0 Å². The van der Waals surface area contributed by atoms with E-state index in [0.29, 0.717) is 6.42 Å². The summed E-state index contributed by atoms with van der Waals surface area (Å²) in [7, 11) is 0. The van der Waals surface area contributed by atoms with Crippen molar-refractivity contribution >= 4 is 16.9 Å². The minimum absolute atomic E-state index is 0.184.